The van der Waals surface area contributed by atoms with Gasteiger partial charge in [-0.3, -0.25) is 19.1 Å². The minimum Gasteiger partial charge on any atom is -0.394 e. The maximum atomic E-state index is 12.1. The number of carbonyl (C=O) groups excluding carboxylic acids is 1. The van der Waals surface area contributed by atoms with Gasteiger partial charge in [0.2, 0.25) is 5.91 Å². The second kappa shape index (κ2) is 6.85. The van der Waals surface area contributed by atoms with Crippen molar-refractivity contribution in [3.05, 3.63) is 33.1 Å². The van der Waals surface area contributed by atoms with Gasteiger partial charge in [-0.1, -0.05) is 0 Å². The summed E-state index contributed by atoms with van der Waals surface area (Å²) in [7, 11) is 3.11. The van der Waals surface area contributed by atoms with E-state index in [2.05, 4.69) is 0 Å². The Morgan fingerprint density at radius 1 is 1.42 bits per heavy atom. The van der Waals surface area contributed by atoms with Crippen LogP contribution in [-0.2, 0) is 15.3 Å². The van der Waals surface area contributed by atoms with E-state index >= 15 is 0 Å². The maximum Gasteiger partial charge on any atom is 0.330 e. The Bertz CT molecular complexity index is 713. The number of aliphatic hydroxyl groups excluding tert-OH is 3. The van der Waals surface area contributed by atoms with Crippen molar-refractivity contribution in [3.8, 4) is 0 Å². The van der Waals surface area contributed by atoms with Gasteiger partial charge in [-0.15, -0.1) is 0 Å². The van der Waals surface area contributed by atoms with E-state index in [-0.39, 0.29) is 18.7 Å². The molecule has 24 heavy (non-hydrogen) atoms. The zero-order chi connectivity index (χ0) is 18.1. The number of rotatable bonds is 5. The molecule has 1 aliphatic heterocycles. The maximum absolute atomic E-state index is 12.1. The molecule has 1 aliphatic rings. The largest absolute Gasteiger partial charge is 0.394 e. The highest BCUT2D eigenvalue weighted by Crippen LogP contribution is 2.38. The number of aliphatic hydroxyl groups is 3. The van der Waals surface area contributed by atoms with E-state index in [0.717, 1.165) is 16.8 Å². The highest BCUT2D eigenvalue weighted by molar-refractivity contribution is 5.75. The second-order valence-electron chi connectivity index (χ2n) is 5.89. The zero-order valence-corrected chi connectivity index (χ0v) is 13.4. The first kappa shape index (κ1) is 18.3. The number of amides is 1. The number of nitrogens with one attached hydrogen (secondary N) is 1. The molecule has 10 heteroatoms. The van der Waals surface area contributed by atoms with E-state index in [0.29, 0.717) is 0 Å². The SMILES string of the molecule is CN(C)C(=O)CC[C@@]1(n2ccc(=O)[nH]c2=O)O[C@H](CO)[C@@H](O)[C@H]1O. The fraction of sp³-hybridized carbons (Fsp3) is 0.643. The second-order valence-corrected chi connectivity index (χ2v) is 5.89. The third-order valence-corrected chi connectivity index (χ3v) is 4.13. The normalized spacial score (nSPS) is 29.6. The molecule has 4 N–H and O–H groups in total. The van der Waals surface area contributed by atoms with Crippen LogP contribution < -0.4 is 11.2 Å². The Labute approximate surface area is 136 Å². The van der Waals surface area contributed by atoms with Crippen molar-refractivity contribution in [2.45, 2.75) is 36.9 Å². The molecule has 1 aromatic heterocycles. The van der Waals surface area contributed by atoms with Gasteiger partial charge in [-0.25, -0.2) is 4.79 Å². The average molecular weight is 343 g/mol. The number of nitrogens with zero attached hydrogens (tertiary/aromatic N) is 2. The van der Waals surface area contributed by atoms with Crippen LogP contribution in [0.15, 0.2) is 21.9 Å². The quantitative estimate of drug-likeness (QED) is 0.451. The van der Waals surface area contributed by atoms with Gasteiger partial charge in [0.05, 0.1) is 6.61 Å². The highest BCUT2D eigenvalue weighted by atomic mass is 16.6. The first-order chi connectivity index (χ1) is 11.2. The summed E-state index contributed by atoms with van der Waals surface area (Å²) in [6, 6.07) is 1.06. The molecular formula is C14H21N3O7. The molecule has 0 spiro atoms. The van der Waals surface area contributed by atoms with Crippen molar-refractivity contribution >= 4 is 5.91 Å². The summed E-state index contributed by atoms with van der Waals surface area (Å²) in [6.07, 6.45) is -3.26. The summed E-state index contributed by atoms with van der Waals surface area (Å²) in [6.45, 7) is -0.584. The van der Waals surface area contributed by atoms with Gasteiger partial charge in [0, 0.05) is 39.2 Å². The predicted molar refractivity (Wildman–Crippen MR) is 81.2 cm³/mol. The molecule has 0 unspecified atom stereocenters. The Balaban J connectivity index is 2.48. The van der Waals surface area contributed by atoms with Crippen molar-refractivity contribution in [3.63, 3.8) is 0 Å². The summed E-state index contributed by atoms with van der Waals surface area (Å²) in [5.74, 6) is -0.274. The van der Waals surface area contributed by atoms with E-state index in [9.17, 15) is 29.7 Å². The van der Waals surface area contributed by atoms with Crippen LogP contribution in [0.3, 0.4) is 0 Å². The lowest BCUT2D eigenvalue weighted by Gasteiger charge is -2.34. The lowest BCUT2D eigenvalue weighted by atomic mass is 9.97. The molecule has 0 aromatic carbocycles. The fourth-order valence-corrected chi connectivity index (χ4v) is 2.77. The molecule has 0 saturated carbocycles. The lowest BCUT2D eigenvalue weighted by Crippen LogP contribution is -2.52. The van der Waals surface area contributed by atoms with Crippen LogP contribution in [-0.4, -0.2) is 74.7 Å². The number of aromatic amines is 1. The van der Waals surface area contributed by atoms with Crippen LogP contribution in [0.5, 0.6) is 0 Å². The summed E-state index contributed by atoms with van der Waals surface area (Å²) in [4.78, 5) is 38.7. The van der Waals surface area contributed by atoms with Crippen LogP contribution >= 0.6 is 0 Å². The van der Waals surface area contributed by atoms with Gasteiger partial charge in [-0.2, -0.15) is 0 Å². The topological polar surface area (TPSA) is 145 Å². The summed E-state index contributed by atoms with van der Waals surface area (Å²) < 4.78 is 6.51. The summed E-state index contributed by atoms with van der Waals surface area (Å²) in [5, 5.41) is 29.8. The Morgan fingerprint density at radius 3 is 2.58 bits per heavy atom. The standard InChI is InChI=1S/C14H21N3O7/c1-16(2)10(20)3-5-14(12(22)11(21)8(7-18)24-14)17-6-4-9(19)15-13(17)23/h4,6,8,11-12,18,21-22H,3,5,7H2,1-2H3,(H,15,19,23)/t8-,11-,12-,14-/m1/s1. The van der Waals surface area contributed by atoms with Gasteiger partial charge < -0.3 is 25.0 Å². The average Bonchev–Trinajstić information content (AvgIpc) is 2.77. The fourth-order valence-electron chi connectivity index (χ4n) is 2.77. The number of H-pyrrole nitrogens is 1. The third kappa shape index (κ3) is 3.13. The molecule has 10 nitrogen and oxygen atoms in total. The van der Waals surface area contributed by atoms with Crippen LogP contribution in [0.25, 0.3) is 0 Å². The van der Waals surface area contributed by atoms with E-state index in [4.69, 9.17) is 4.74 Å². The number of carbonyl (C=O) groups is 1. The minimum atomic E-state index is -1.78. The molecule has 1 amide bonds. The number of hydrogen-bond donors (Lipinski definition) is 4. The van der Waals surface area contributed by atoms with Crippen LogP contribution in [0.1, 0.15) is 12.8 Å². The molecular weight excluding hydrogens is 322 g/mol. The van der Waals surface area contributed by atoms with Gasteiger partial charge in [-0.05, 0) is 0 Å². The van der Waals surface area contributed by atoms with E-state index in [1.807, 2.05) is 4.98 Å². The number of aromatic nitrogens is 2. The first-order valence-electron chi connectivity index (χ1n) is 7.40. The highest BCUT2D eigenvalue weighted by Gasteiger charge is 2.55. The number of hydrogen-bond acceptors (Lipinski definition) is 7. The summed E-state index contributed by atoms with van der Waals surface area (Å²) >= 11 is 0. The van der Waals surface area contributed by atoms with Gasteiger partial charge in [0.25, 0.3) is 5.56 Å². The molecule has 0 aliphatic carbocycles. The van der Waals surface area contributed by atoms with E-state index in [1.54, 1.807) is 14.1 Å². The van der Waals surface area contributed by atoms with E-state index in [1.165, 1.54) is 4.90 Å². The molecule has 2 rings (SSSR count). The third-order valence-electron chi connectivity index (χ3n) is 4.13. The van der Waals surface area contributed by atoms with Gasteiger partial charge in [0.15, 0.2) is 5.72 Å². The van der Waals surface area contributed by atoms with E-state index < -0.39 is 41.9 Å². The Kier molecular flexibility index (Phi) is 5.23. The molecule has 2 heterocycles. The summed E-state index contributed by atoms with van der Waals surface area (Å²) in [5.41, 5.74) is -3.27. The molecule has 0 bridgehead atoms. The predicted octanol–water partition coefficient (Wildman–Crippen LogP) is -2.83. The monoisotopic (exact) mass is 343 g/mol. The Hall–Kier alpha value is -2.01. The van der Waals surface area contributed by atoms with Crippen molar-refractivity contribution in [1.29, 1.82) is 0 Å². The smallest absolute Gasteiger partial charge is 0.330 e. The zero-order valence-electron chi connectivity index (χ0n) is 13.4. The van der Waals surface area contributed by atoms with Crippen molar-refractivity contribution in [1.82, 2.24) is 14.5 Å². The van der Waals surface area contributed by atoms with Crippen molar-refractivity contribution in [2.24, 2.45) is 0 Å². The molecule has 1 fully saturated rings. The van der Waals surface area contributed by atoms with Crippen LogP contribution in [0, 0.1) is 0 Å². The minimum absolute atomic E-state index is 0.0828. The van der Waals surface area contributed by atoms with Crippen LogP contribution in [0.4, 0.5) is 0 Å². The van der Waals surface area contributed by atoms with Crippen molar-refractivity contribution < 1.29 is 24.9 Å². The molecule has 1 aromatic rings. The van der Waals surface area contributed by atoms with Crippen molar-refractivity contribution in [2.75, 3.05) is 20.7 Å². The molecule has 134 valence electrons. The van der Waals surface area contributed by atoms with Crippen LogP contribution in [0.2, 0.25) is 0 Å². The molecule has 4 atom stereocenters. The van der Waals surface area contributed by atoms with Gasteiger partial charge in [0.1, 0.15) is 18.3 Å². The molecule has 0 radical (unpaired) electrons. The Morgan fingerprint density at radius 2 is 2.08 bits per heavy atom. The molecule has 1 saturated heterocycles. The van der Waals surface area contributed by atoms with Gasteiger partial charge >= 0.3 is 5.69 Å². The first-order valence-corrected chi connectivity index (χ1v) is 7.40. The lowest BCUT2D eigenvalue weighted by molar-refractivity contribution is -0.160. The number of ether oxygens (including phenoxy) is 1.